The van der Waals surface area contributed by atoms with Crippen LogP contribution in [0.5, 0.6) is 23.0 Å². The molecule has 0 aliphatic heterocycles. The molecule has 12 N–H and O–H groups in total. The second-order valence-electron chi connectivity index (χ2n) is 28.4. The number of hydrogen-bond donors (Lipinski definition) is 12. The molecule has 13 aromatic rings. The molecule has 118 heavy (non-hydrogen) atoms. The Labute approximate surface area is 680 Å². The average molecular weight is 1580 g/mol. The van der Waals surface area contributed by atoms with Gasteiger partial charge in [-0.2, -0.15) is 20.4 Å². The van der Waals surface area contributed by atoms with E-state index in [9.17, 15) is 29.1 Å². The fraction of sp³-hybridized carbons (Fsp3) is 0.217. The van der Waals surface area contributed by atoms with Crippen molar-refractivity contribution in [2.45, 2.75) is 89.2 Å². The second-order valence-corrected chi connectivity index (χ2v) is 28.4. The summed E-state index contributed by atoms with van der Waals surface area (Å²) in [5.74, 6) is 1.12. The molecule has 16 rings (SSSR count). The molecular weight excluding hydrogens is 1490 g/mol. The van der Waals surface area contributed by atoms with Gasteiger partial charge in [0.1, 0.15) is 23.0 Å². The first-order valence-electron chi connectivity index (χ1n) is 38.6. The SMILES string of the molecule is COc1c(C(=O)NC2CC2)ccc2n[nH]c(/C=C/c3ccc(CCO)cc3)c12.COc1c(C(=O)NC2CC2)ccc2n[nH]c(/C=C/c3ccc(CO)cc3)c12.COc1c(C(=O)N[C@H](CO)c2ccccc2)ccc2n[nH]c(/C=C/c3ccc(NC(C)=O)cc3)c12.[C-]#[N+]Cc1ccc(/C=C/c2[nH]nc3ccc(C(=O)NC4CC4)c(OC)c23)cc1. The van der Waals surface area contributed by atoms with E-state index in [1.54, 1.807) is 51.7 Å². The van der Waals surface area contributed by atoms with Crippen molar-refractivity contribution in [2.75, 3.05) is 47.0 Å². The van der Waals surface area contributed by atoms with E-state index in [1.807, 2.05) is 194 Å². The van der Waals surface area contributed by atoms with E-state index >= 15 is 0 Å². The number of aromatic nitrogens is 8. The van der Waals surface area contributed by atoms with Crippen molar-refractivity contribution >= 4 is 127 Å². The molecule has 0 radical (unpaired) electrons. The number of benzene rings is 9. The molecule has 3 fully saturated rings. The van der Waals surface area contributed by atoms with Gasteiger partial charge in [-0.3, -0.25) is 44.4 Å². The number of nitrogens with one attached hydrogen (secondary N) is 9. The molecule has 0 unspecified atom stereocenters. The summed E-state index contributed by atoms with van der Waals surface area (Å²) < 4.78 is 22.4. The molecule has 4 aromatic heterocycles. The Bertz CT molecular complexity index is 5910. The summed E-state index contributed by atoms with van der Waals surface area (Å²) >= 11 is 0. The first kappa shape index (κ1) is 81.7. The predicted octanol–water partition coefficient (Wildman–Crippen LogP) is 14.5. The van der Waals surface area contributed by atoms with Crippen LogP contribution in [0.4, 0.5) is 5.69 Å². The van der Waals surface area contributed by atoms with E-state index in [0.717, 1.165) is 139 Å². The van der Waals surface area contributed by atoms with Gasteiger partial charge >= 0.3 is 0 Å². The van der Waals surface area contributed by atoms with Gasteiger partial charge in [-0.05, 0) is 169 Å². The number of fused-ring (bicyclic) bond motifs is 4. The van der Waals surface area contributed by atoms with Crippen LogP contribution in [0.15, 0.2) is 176 Å². The van der Waals surface area contributed by atoms with Crippen LogP contribution in [0.1, 0.15) is 160 Å². The van der Waals surface area contributed by atoms with Crippen molar-refractivity contribution < 1.29 is 58.2 Å². The number of anilines is 1. The van der Waals surface area contributed by atoms with Crippen LogP contribution in [0.3, 0.4) is 0 Å². The normalized spacial score (nSPS) is 13.3. The summed E-state index contributed by atoms with van der Waals surface area (Å²) in [4.78, 5) is 65.4. The largest absolute Gasteiger partial charge is 0.495 e. The van der Waals surface area contributed by atoms with Gasteiger partial charge in [0.05, 0.1) is 136 Å². The zero-order chi connectivity index (χ0) is 82.6. The summed E-state index contributed by atoms with van der Waals surface area (Å²) in [5, 5.41) is 75.0. The minimum Gasteiger partial charge on any atom is -0.495 e. The van der Waals surface area contributed by atoms with Crippen LogP contribution in [0.25, 0.3) is 97.1 Å². The summed E-state index contributed by atoms with van der Waals surface area (Å²) in [6.07, 6.45) is 22.3. The first-order valence-corrected chi connectivity index (χ1v) is 38.6. The minimum atomic E-state index is -0.548. The van der Waals surface area contributed by atoms with Gasteiger partial charge in [-0.25, -0.2) is 6.57 Å². The predicted molar refractivity (Wildman–Crippen MR) is 459 cm³/mol. The standard InChI is InChI=1S/C27H26N4O4.C22H20N4O2.C22H23N3O3.C21H21N3O3/c1-17(33)28-20-11-8-18(9-12-20)10-14-22-25-23(31-30-22)15-13-21(26(25)35-2)27(34)29-24(16-32)19-6-4-3-5-7-19;1-23-13-15-5-3-14(4-6-15)7-11-18-20-19(26-25-18)12-10-17(21(20)28-2)22(27)24-16-8-9-16;1-28-21-17(22(27)23-16-7-8-16)9-11-19-20(21)18(24-25-19)10-6-14-2-4-15(5-3-14)12-13-26;1-27-20-16(21(26)22-15-7-8-15)9-11-18-19(20)17(23-24-18)10-6-13-2-4-14(12-25)5-3-13/h3-15,24,32H,16H2,1-2H3,(H,28,33)(H,29,34)(H,30,31);3-7,10-12,16H,8-9,13H2,2H3,(H,24,27)(H,25,26);2-6,9-11,16,26H,7-8,12-13H2,1H3,(H,23,27)(H,24,25);2-6,9-11,15,25H,7-8,12H2,1H3,(H,22,26)(H,23,24)/b14-10+;11-7+;2*10-6+/t24-;;;/m1.../s1. The van der Waals surface area contributed by atoms with E-state index < -0.39 is 6.04 Å². The number of amides is 5. The summed E-state index contributed by atoms with van der Waals surface area (Å²) in [5.41, 5.74) is 16.2. The molecule has 5 amide bonds. The lowest BCUT2D eigenvalue weighted by atomic mass is 10.0. The molecule has 3 aliphatic carbocycles. The van der Waals surface area contributed by atoms with Crippen molar-refractivity contribution in [3.63, 3.8) is 0 Å². The molecule has 4 heterocycles. The van der Waals surface area contributed by atoms with Crippen LogP contribution in [0.2, 0.25) is 0 Å². The number of nitrogens with zero attached hydrogens (tertiary/aromatic N) is 5. The van der Waals surface area contributed by atoms with Crippen molar-refractivity contribution in [1.29, 1.82) is 0 Å². The van der Waals surface area contributed by atoms with E-state index in [4.69, 9.17) is 35.7 Å². The lowest BCUT2D eigenvalue weighted by Crippen LogP contribution is -2.31. The first-order chi connectivity index (χ1) is 57.6. The number of methoxy groups -OCH3 is 4. The lowest BCUT2D eigenvalue weighted by molar-refractivity contribution is -0.114. The maximum absolute atomic E-state index is 13.2. The number of ether oxygens (including phenoxy) is 4. The Kier molecular flexibility index (Phi) is 26.8. The van der Waals surface area contributed by atoms with Gasteiger partial charge in [-0.1, -0.05) is 140 Å². The molecule has 0 saturated heterocycles. The van der Waals surface area contributed by atoms with Gasteiger partial charge in [0.25, 0.3) is 23.6 Å². The summed E-state index contributed by atoms with van der Waals surface area (Å²) in [6.45, 7) is 8.72. The molecule has 26 nitrogen and oxygen atoms in total. The summed E-state index contributed by atoms with van der Waals surface area (Å²) in [7, 11) is 6.21. The quantitative estimate of drug-likeness (QED) is 0.0213. The Morgan fingerprint density at radius 1 is 0.432 bits per heavy atom. The minimum absolute atomic E-state index is 0.0259. The third-order valence-corrected chi connectivity index (χ3v) is 19.8. The molecule has 0 spiro atoms. The van der Waals surface area contributed by atoms with Crippen LogP contribution in [0, 0.1) is 6.57 Å². The van der Waals surface area contributed by atoms with Crippen molar-refractivity contribution in [2.24, 2.45) is 0 Å². The zero-order valence-corrected chi connectivity index (χ0v) is 65.7. The third-order valence-electron chi connectivity index (χ3n) is 19.8. The van der Waals surface area contributed by atoms with Crippen LogP contribution < -0.4 is 45.5 Å². The Hall–Kier alpha value is -14.3. The van der Waals surface area contributed by atoms with E-state index in [2.05, 4.69) is 72.2 Å². The van der Waals surface area contributed by atoms with E-state index in [0.29, 0.717) is 74.8 Å². The molecule has 3 saturated carbocycles. The average Bonchev–Trinajstić information content (AvgIpc) is 1.62. The Morgan fingerprint density at radius 3 is 1.07 bits per heavy atom. The Morgan fingerprint density at radius 2 is 0.763 bits per heavy atom. The van der Waals surface area contributed by atoms with Crippen LogP contribution in [-0.2, 0) is 24.4 Å². The molecule has 9 aromatic carbocycles. The molecule has 1 atom stereocenters. The smallest absolute Gasteiger partial charge is 0.255 e. The van der Waals surface area contributed by atoms with Gasteiger partial charge in [-0.15, -0.1) is 0 Å². The van der Waals surface area contributed by atoms with Crippen molar-refractivity contribution in [3.05, 3.63) is 277 Å². The van der Waals surface area contributed by atoms with Crippen molar-refractivity contribution in [3.8, 4) is 23.0 Å². The number of hydrogen-bond acceptors (Lipinski definition) is 16. The van der Waals surface area contributed by atoms with Gasteiger partial charge in [0, 0.05) is 42.9 Å². The second kappa shape index (κ2) is 38.7. The van der Waals surface area contributed by atoms with E-state index in [-0.39, 0.29) is 67.5 Å². The maximum Gasteiger partial charge on any atom is 0.255 e. The number of rotatable bonds is 27. The fourth-order valence-corrected chi connectivity index (χ4v) is 13.2. The van der Waals surface area contributed by atoms with Gasteiger partial charge < -0.3 is 65.7 Å². The Balaban J connectivity index is 0.000000137. The lowest BCUT2D eigenvalue weighted by Gasteiger charge is -2.18. The molecule has 0 bridgehead atoms. The molecule has 3 aliphatic rings. The number of aliphatic hydroxyl groups excluding tert-OH is 3. The molecule has 26 heteroatoms. The highest BCUT2D eigenvalue weighted by molar-refractivity contribution is 6.09. The number of aliphatic hydroxyl groups is 3. The molecular formula is C92H90N14O12. The highest BCUT2D eigenvalue weighted by Gasteiger charge is 2.30. The van der Waals surface area contributed by atoms with Gasteiger partial charge in [0.15, 0.2) is 0 Å². The van der Waals surface area contributed by atoms with Crippen molar-refractivity contribution in [1.82, 2.24) is 62.1 Å². The fourth-order valence-electron chi connectivity index (χ4n) is 13.2. The van der Waals surface area contributed by atoms with Gasteiger partial charge in [0.2, 0.25) is 12.5 Å². The number of H-pyrrole nitrogens is 4. The number of carbonyl (C=O) groups is 5. The highest BCUT2D eigenvalue weighted by Crippen LogP contribution is 2.38. The number of carbonyl (C=O) groups excluding carboxylic acids is 5. The topological polar surface area (TPSA) is 362 Å². The third kappa shape index (κ3) is 20.4. The molecule has 600 valence electrons. The van der Waals surface area contributed by atoms with Crippen LogP contribution >= 0.6 is 0 Å². The number of aromatic amines is 4. The van der Waals surface area contributed by atoms with Crippen LogP contribution in [-0.4, -0.2) is 145 Å². The highest BCUT2D eigenvalue weighted by atomic mass is 16.5. The zero-order valence-electron chi connectivity index (χ0n) is 65.7. The maximum atomic E-state index is 13.2. The van der Waals surface area contributed by atoms with E-state index in [1.165, 1.54) is 14.0 Å². The summed E-state index contributed by atoms with van der Waals surface area (Å²) in [6, 6.07) is 54.6. The monoisotopic (exact) mass is 1580 g/mol.